The summed E-state index contributed by atoms with van der Waals surface area (Å²) in [6.45, 7) is 3.47. The first-order valence-corrected chi connectivity index (χ1v) is 8.45. The molecule has 1 fully saturated rings. The Morgan fingerprint density at radius 1 is 0.905 bits per heavy atom. The summed E-state index contributed by atoms with van der Waals surface area (Å²) in [6, 6.07) is 8.54. The van der Waals surface area contributed by atoms with Gasteiger partial charge in [-0.05, 0) is 37.3 Å². The van der Waals surface area contributed by atoms with Gasteiger partial charge in [-0.1, -0.05) is 37.5 Å². The predicted octanol–water partition coefficient (Wildman–Crippen LogP) is 3.23. The van der Waals surface area contributed by atoms with Crippen LogP contribution in [-0.4, -0.2) is 37.0 Å². The van der Waals surface area contributed by atoms with Gasteiger partial charge >= 0.3 is 0 Å². The molecule has 1 aromatic rings. The molecular weight excluding hydrogens is 260 g/mol. The number of nitrogens with zero attached hydrogens (tertiary/aromatic N) is 2. The van der Waals surface area contributed by atoms with Gasteiger partial charge in [0.1, 0.15) is 0 Å². The maximum absolute atomic E-state index is 12.6. The van der Waals surface area contributed by atoms with Crippen LogP contribution in [0.15, 0.2) is 24.3 Å². The second-order valence-corrected chi connectivity index (χ2v) is 6.30. The summed E-state index contributed by atoms with van der Waals surface area (Å²) in [5, 5.41) is 0. The predicted molar refractivity (Wildman–Crippen MR) is 86.6 cm³/mol. The number of carbonyl (C=O) groups is 1. The Morgan fingerprint density at radius 3 is 2.43 bits per heavy atom. The Kier molecular flexibility index (Phi) is 4.79. The molecule has 2 aliphatic heterocycles. The second kappa shape index (κ2) is 6.97. The van der Waals surface area contributed by atoms with Crippen LogP contribution >= 0.6 is 0 Å². The van der Waals surface area contributed by atoms with Gasteiger partial charge in [0, 0.05) is 25.3 Å². The molecular formula is C18H26N2O. The van der Waals surface area contributed by atoms with Gasteiger partial charge in [0.25, 0.3) is 0 Å². The Labute approximate surface area is 127 Å². The van der Waals surface area contributed by atoms with E-state index in [1.165, 1.54) is 43.4 Å². The zero-order chi connectivity index (χ0) is 14.5. The normalized spacial score (nSPS) is 19.6. The van der Waals surface area contributed by atoms with E-state index in [1.807, 2.05) is 0 Å². The second-order valence-electron chi connectivity index (χ2n) is 6.30. The summed E-state index contributed by atoms with van der Waals surface area (Å²) in [4.78, 5) is 17.0. The number of hydrogen-bond donors (Lipinski definition) is 0. The van der Waals surface area contributed by atoms with E-state index in [4.69, 9.17) is 0 Å². The Bertz CT molecular complexity index is 478. The smallest absolute Gasteiger partial charge is 0.242 e. The van der Waals surface area contributed by atoms with Gasteiger partial charge in [0.2, 0.25) is 5.91 Å². The van der Waals surface area contributed by atoms with Crippen LogP contribution in [-0.2, 0) is 11.2 Å². The van der Waals surface area contributed by atoms with Crippen LogP contribution in [0.1, 0.15) is 44.1 Å². The number of anilines is 1. The molecule has 0 spiro atoms. The minimum atomic E-state index is 0.314. The average molecular weight is 286 g/mol. The number of amides is 1. The van der Waals surface area contributed by atoms with Crippen molar-refractivity contribution in [3.63, 3.8) is 0 Å². The molecule has 3 rings (SSSR count). The van der Waals surface area contributed by atoms with Gasteiger partial charge in [-0.2, -0.15) is 0 Å². The molecule has 2 aliphatic rings. The molecule has 21 heavy (non-hydrogen) atoms. The fourth-order valence-corrected chi connectivity index (χ4v) is 3.54. The molecule has 3 nitrogen and oxygen atoms in total. The van der Waals surface area contributed by atoms with Crippen molar-refractivity contribution in [2.24, 2.45) is 0 Å². The number of benzene rings is 1. The van der Waals surface area contributed by atoms with Gasteiger partial charge < -0.3 is 9.80 Å². The Balaban J connectivity index is 1.64. The van der Waals surface area contributed by atoms with Crippen LogP contribution in [0.3, 0.4) is 0 Å². The highest BCUT2D eigenvalue weighted by molar-refractivity contribution is 5.82. The van der Waals surface area contributed by atoms with Crippen molar-refractivity contribution >= 4 is 11.6 Å². The Hall–Kier alpha value is -1.51. The average Bonchev–Trinajstić information content (AvgIpc) is 2.47. The van der Waals surface area contributed by atoms with Gasteiger partial charge in [-0.3, -0.25) is 4.79 Å². The molecule has 0 aliphatic carbocycles. The summed E-state index contributed by atoms with van der Waals surface area (Å²) >= 11 is 0. The van der Waals surface area contributed by atoms with Crippen molar-refractivity contribution in [2.45, 2.75) is 44.9 Å². The van der Waals surface area contributed by atoms with Crippen molar-refractivity contribution in [2.75, 3.05) is 31.1 Å². The molecule has 0 bridgehead atoms. The monoisotopic (exact) mass is 286 g/mol. The van der Waals surface area contributed by atoms with Crippen LogP contribution in [0.25, 0.3) is 0 Å². The molecule has 2 heterocycles. The lowest BCUT2D eigenvalue weighted by molar-refractivity contribution is -0.130. The van der Waals surface area contributed by atoms with Gasteiger partial charge in [-0.15, -0.1) is 0 Å². The van der Waals surface area contributed by atoms with Crippen LogP contribution in [0.5, 0.6) is 0 Å². The third-order valence-electron chi connectivity index (χ3n) is 4.74. The number of rotatable bonds is 2. The van der Waals surface area contributed by atoms with Gasteiger partial charge in [-0.25, -0.2) is 0 Å². The number of carbonyl (C=O) groups excluding carboxylic acids is 1. The standard InChI is InChI=1S/C18H26N2O/c21-18(19-12-6-2-1-3-7-13-19)15-20-14-8-10-16-9-4-5-11-17(16)20/h4-5,9,11H,1-3,6-8,10,12-15H2. The maximum atomic E-state index is 12.6. The lowest BCUT2D eigenvalue weighted by Crippen LogP contribution is -2.43. The maximum Gasteiger partial charge on any atom is 0.242 e. The topological polar surface area (TPSA) is 23.6 Å². The number of para-hydroxylation sites is 1. The third kappa shape index (κ3) is 3.58. The summed E-state index contributed by atoms with van der Waals surface area (Å²) in [5.41, 5.74) is 2.66. The highest BCUT2D eigenvalue weighted by atomic mass is 16.2. The molecule has 0 aromatic heterocycles. The van der Waals surface area contributed by atoms with Crippen molar-refractivity contribution < 1.29 is 4.79 Å². The molecule has 3 heteroatoms. The molecule has 1 saturated heterocycles. The first-order valence-electron chi connectivity index (χ1n) is 8.45. The van der Waals surface area contributed by atoms with Crippen molar-refractivity contribution in [1.82, 2.24) is 4.90 Å². The van der Waals surface area contributed by atoms with E-state index in [1.54, 1.807) is 0 Å². The van der Waals surface area contributed by atoms with Gasteiger partial charge in [0.15, 0.2) is 0 Å². The zero-order valence-corrected chi connectivity index (χ0v) is 12.9. The van der Waals surface area contributed by atoms with Crippen LogP contribution in [0, 0.1) is 0 Å². The van der Waals surface area contributed by atoms with E-state index >= 15 is 0 Å². The molecule has 114 valence electrons. The lowest BCUT2D eigenvalue weighted by Gasteiger charge is -2.33. The molecule has 0 saturated carbocycles. The fourth-order valence-electron chi connectivity index (χ4n) is 3.54. The van der Waals surface area contributed by atoms with Crippen LogP contribution in [0.2, 0.25) is 0 Å². The number of aryl methyl sites for hydroxylation is 1. The summed E-state index contributed by atoms with van der Waals surface area (Å²) in [6.07, 6.45) is 8.52. The minimum absolute atomic E-state index is 0.314. The molecule has 0 atom stereocenters. The van der Waals surface area contributed by atoms with E-state index in [-0.39, 0.29) is 0 Å². The molecule has 0 radical (unpaired) electrons. The van der Waals surface area contributed by atoms with Crippen molar-refractivity contribution in [3.8, 4) is 0 Å². The van der Waals surface area contributed by atoms with E-state index in [2.05, 4.69) is 34.1 Å². The Morgan fingerprint density at radius 2 is 1.62 bits per heavy atom. The van der Waals surface area contributed by atoms with Crippen molar-refractivity contribution in [3.05, 3.63) is 29.8 Å². The summed E-state index contributed by atoms with van der Waals surface area (Å²) in [5.74, 6) is 0.314. The number of fused-ring (bicyclic) bond motifs is 1. The molecule has 0 unspecified atom stereocenters. The summed E-state index contributed by atoms with van der Waals surface area (Å²) < 4.78 is 0. The zero-order valence-electron chi connectivity index (χ0n) is 12.9. The largest absolute Gasteiger partial charge is 0.362 e. The van der Waals surface area contributed by atoms with Gasteiger partial charge in [0.05, 0.1) is 6.54 Å². The van der Waals surface area contributed by atoms with Crippen LogP contribution < -0.4 is 4.90 Å². The summed E-state index contributed by atoms with van der Waals surface area (Å²) in [7, 11) is 0. The van der Waals surface area contributed by atoms with Crippen LogP contribution in [0.4, 0.5) is 5.69 Å². The van der Waals surface area contributed by atoms with E-state index in [0.717, 1.165) is 32.5 Å². The minimum Gasteiger partial charge on any atom is -0.362 e. The first-order chi connectivity index (χ1) is 10.3. The molecule has 0 N–H and O–H groups in total. The highest BCUT2D eigenvalue weighted by Crippen LogP contribution is 2.26. The number of likely N-dealkylation sites (tertiary alicyclic amines) is 1. The third-order valence-corrected chi connectivity index (χ3v) is 4.74. The first kappa shape index (κ1) is 14.4. The quantitative estimate of drug-likeness (QED) is 0.833. The molecule has 1 aromatic carbocycles. The highest BCUT2D eigenvalue weighted by Gasteiger charge is 2.21. The van der Waals surface area contributed by atoms with E-state index in [9.17, 15) is 4.79 Å². The lowest BCUT2D eigenvalue weighted by atomic mass is 10.0. The SMILES string of the molecule is O=C(CN1CCCc2ccccc21)N1CCCCCCC1. The van der Waals surface area contributed by atoms with Crippen molar-refractivity contribution in [1.29, 1.82) is 0 Å². The fraction of sp³-hybridized carbons (Fsp3) is 0.611. The van der Waals surface area contributed by atoms with E-state index in [0.29, 0.717) is 12.5 Å². The number of hydrogen-bond acceptors (Lipinski definition) is 2. The molecule has 1 amide bonds. The van der Waals surface area contributed by atoms with E-state index < -0.39 is 0 Å².